The standard InChI is InChI=1S/2C5H5.CH4O.Fe/c2*1-2-4-5-3-1;1-2;/h2*1-5H;2H,1H3;/q-5;-1;;. The molecule has 2 aromatic carbocycles. The molecule has 2 heteroatoms. The van der Waals surface area contributed by atoms with Crippen LogP contribution in [-0.4, -0.2) is 12.2 Å². The van der Waals surface area contributed by atoms with Crippen molar-refractivity contribution in [1.29, 1.82) is 0 Å². The molecular weight excluding hydrogens is 204 g/mol. The molecule has 1 N–H and O–H groups in total. The van der Waals surface area contributed by atoms with Gasteiger partial charge < -0.3 is 35.4 Å². The Morgan fingerprint density at radius 2 is 1.08 bits per heavy atom. The first-order chi connectivity index (χ1) is 6.00. The minimum atomic E-state index is 0. The summed E-state index contributed by atoms with van der Waals surface area (Å²) in [4.78, 5) is 0. The molecule has 0 aliphatic heterocycles. The molecule has 0 fully saturated rings. The van der Waals surface area contributed by atoms with Gasteiger partial charge in [0.15, 0.2) is 0 Å². The molecule has 2 aromatic rings. The van der Waals surface area contributed by atoms with Gasteiger partial charge in [0.1, 0.15) is 0 Å². The Labute approximate surface area is 90.2 Å². The fourth-order valence-electron chi connectivity index (χ4n) is 0.642. The van der Waals surface area contributed by atoms with Gasteiger partial charge in [-0.05, 0) is 0 Å². The van der Waals surface area contributed by atoms with E-state index in [1.807, 2.05) is 60.7 Å². The van der Waals surface area contributed by atoms with Crippen LogP contribution in [0.15, 0.2) is 60.7 Å². The summed E-state index contributed by atoms with van der Waals surface area (Å²) in [5, 5.41) is 7.00. The van der Waals surface area contributed by atoms with Gasteiger partial charge in [-0.2, -0.15) is 18.2 Å². The Bertz CT molecular complexity index is 149. The zero-order valence-corrected chi connectivity index (χ0v) is 8.68. The van der Waals surface area contributed by atoms with E-state index in [0.717, 1.165) is 7.11 Å². The van der Waals surface area contributed by atoms with Gasteiger partial charge in [-0.3, -0.25) is 0 Å². The van der Waals surface area contributed by atoms with Crippen LogP contribution >= 0.6 is 0 Å². The third kappa shape index (κ3) is 11.2. The molecule has 0 heterocycles. The Morgan fingerprint density at radius 1 is 0.769 bits per heavy atom. The van der Waals surface area contributed by atoms with Crippen LogP contribution in [0.25, 0.3) is 0 Å². The molecule has 0 bridgehead atoms. The van der Waals surface area contributed by atoms with Gasteiger partial charge in [-0.15, -0.1) is 0 Å². The topological polar surface area (TPSA) is 20.2 Å². The smallest absolute Gasteiger partial charge is 0.0319 e. The summed E-state index contributed by atoms with van der Waals surface area (Å²) in [7, 11) is 1.00. The van der Waals surface area contributed by atoms with Crippen LogP contribution in [0.4, 0.5) is 0 Å². The molecule has 78 valence electrons. The van der Waals surface area contributed by atoms with Crippen molar-refractivity contribution < 1.29 is 22.2 Å². The van der Waals surface area contributed by atoms with Crippen LogP contribution < -0.4 is 0 Å². The summed E-state index contributed by atoms with van der Waals surface area (Å²) in [6, 6.07) is 20.0. The summed E-state index contributed by atoms with van der Waals surface area (Å²) < 4.78 is 0. The van der Waals surface area contributed by atoms with Gasteiger partial charge in [0, 0.05) is 24.2 Å². The second-order valence-electron chi connectivity index (χ2n) is 1.92. The minimum Gasteiger partial charge on any atom is -0.748 e. The van der Waals surface area contributed by atoms with Gasteiger partial charge in [-0.25, -0.2) is 12.1 Å². The maximum Gasteiger partial charge on any atom is 0.0319 e. The van der Waals surface area contributed by atoms with Crippen LogP contribution in [0.2, 0.25) is 0 Å². The van der Waals surface area contributed by atoms with Crippen LogP contribution in [0.1, 0.15) is 0 Å². The first-order valence-corrected chi connectivity index (χ1v) is 3.78. The summed E-state index contributed by atoms with van der Waals surface area (Å²) in [5.74, 6) is 0. The summed E-state index contributed by atoms with van der Waals surface area (Å²) in [6.07, 6.45) is 0. The van der Waals surface area contributed by atoms with Crippen LogP contribution in [-0.2, 0) is 17.1 Å². The Kier molecular flexibility index (Phi) is 15.5. The number of hydrogen-bond donors (Lipinski definition) is 1. The minimum absolute atomic E-state index is 0. The van der Waals surface area contributed by atoms with Crippen molar-refractivity contribution >= 4 is 0 Å². The first kappa shape index (κ1) is 14.7. The van der Waals surface area contributed by atoms with E-state index < -0.39 is 0 Å². The SMILES string of the molecule is CO.[Fe].[cH-]1[cH-][cH-][cH-][cH-]1.c1cc[cH-]c1. The maximum absolute atomic E-state index is 7.00. The van der Waals surface area contributed by atoms with E-state index in [4.69, 9.17) is 5.11 Å². The van der Waals surface area contributed by atoms with Crippen molar-refractivity contribution in [2.75, 3.05) is 7.11 Å². The van der Waals surface area contributed by atoms with Crippen molar-refractivity contribution in [3.63, 3.8) is 0 Å². The molecule has 1 nitrogen and oxygen atoms in total. The van der Waals surface area contributed by atoms with Crippen LogP contribution in [0.3, 0.4) is 0 Å². The van der Waals surface area contributed by atoms with Crippen molar-refractivity contribution in [3.05, 3.63) is 60.7 Å². The largest absolute Gasteiger partial charge is 0.748 e. The monoisotopic (exact) mass is 218 g/mol. The van der Waals surface area contributed by atoms with E-state index in [-0.39, 0.29) is 17.1 Å². The van der Waals surface area contributed by atoms with E-state index in [2.05, 4.69) is 0 Å². The number of rotatable bonds is 0. The number of hydrogen-bond acceptors (Lipinski definition) is 1. The zero-order chi connectivity index (χ0) is 9.07. The summed E-state index contributed by atoms with van der Waals surface area (Å²) in [6.45, 7) is 0. The van der Waals surface area contributed by atoms with E-state index in [9.17, 15) is 0 Å². The molecule has 0 unspecified atom stereocenters. The van der Waals surface area contributed by atoms with Gasteiger partial charge in [0.05, 0.1) is 0 Å². The normalized spacial score (nSPS) is 6.62. The first-order valence-electron chi connectivity index (χ1n) is 3.78. The molecule has 0 saturated carbocycles. The summed E-state index contributed by atoms with van der Waals surface area (Å²) >= 11 is 0. The van der Waals surface area contributed by atoms with Crippen molar-refractivity contribution in [2.45, 2.75) is 0 Å². The van der Waals surface area contributed by atoms with E-state index in [1.54, 1.807) is 0 Å². The maximum atomic E-state index is 7.00. The fourth-order valence-corrected chi connectivity index (χ4v) is 0.642. The molecule has 0 saturated heterocycles. The fraction of sp³-hybridized carbons (Fsp3) is 0.0909. The van der Waals surface area contributed by atoms with Crippen LogP contribution in [0, 0.1) is 0 Å². The van der Waals surface area contributed by atoms with Gasteiger partial charge >= 0.3 is 0 Å². The molecule has 2 rings (SSSR count). The molecule has 0 aromatic heterocycles. The van der Waals surface area contributed by atoms with E-state index >= 15 is 0 Å². The molecule has 0 atom stereocenters. The number of aliphatic hydroxyl groups is 1. The average molecular weight is 218 g/mol. The molecule has 13 heavy (non-hydrogen) atoms. The molecule has 0 aliphatic carbocycles. The average Bonchev–Trinajstić information content (AvgIpc) is 2.87. The molecular formula is C11H14FeO-6. The molecule has 0 amide bonds. The van der Waals surface area contributed by atoms with Crippen molar-refractivity contribution in [1.82, 2.24) is 0 Å². The third-order valence-electron chi connectivity index (χ3n) is 1.11. The Hall–Kier alpha value is -0.821. The van der Waals surface area contributed by atoms with E-state index in [1.165, 1.54) is 0 Å². The summed E-state index contributed by atoms with van der Waals surface area (Å²) in [5.41, 5.74) is 0. The van der Waals surface area contributed by atoms with Gasteiger partial charge in [0.25, 0.3) is 0 Å². The molecule has 0 spiro atoms. The van der Waals surface area contributed by atoms with E-state index in [0.29, 0.717) is 0 Å². The molecule has 0 aliphatic rings. The second-order valence-corrected chi connectivity index (χ2v) is 1.92. The number of aliphatic hydroxyl groups excluding tert-OH is 1. The predicted octanol–water partition coefficient (Wildman–Crippen LogP) is 2.42. The van der Waals surface area contributed by atoms with Crippen molar-refractivity contribution in [3.8, 4) is 0 Å². The van der Waals surface area contributed by atoms with Gasteiger partial charge in [-0.1, -0.05) is 0 Å². The van der Waals surface area contributed by atoms with Crippen LogP contribution in [0.5, 0.6) is 0 Å². The van der Waals surface area contributed by atoms with Crippen molar-refractivity contribution in [2.24, 2.45) is 0 Å². The predicted molar refractivity (Wildman–Crippen MR) is 52.2 cm³/mol. The molecule has 0 radical (unpaired) electrons. The van der Waals surface area contributed by atoms with Gasteiger partial charge in [0.2, 0.25) is 0 Å². The Morgan fingerprint density at radius 3 is 1.23 bits per heavy atom. The zero-order valence-electron chi connectivity index (χ0n) is 7.57. The third-order valence-corrected chi connectivity index (χ3v) is 1.11. The Balaban J connectivity index is 0. The second kappa shape index (κ2) is 13.7. The quantitative estimate of drug-likeness (QED) is 0.531.